The zero-order valence-corrected chi connectivity index (χ0v) is 13.4. The summed E-state index contributed by atoms with van der Waals surface area (Å²) in [4.78, 5) is 15.6. The van der Waals surface area contributed by atoms with Crippen molar-refractivity contribution in [1.82, 2.24) is 19.5 Å². The number of rotatable bonds is 3. The number of nitrogens with zero attached hydrogens (tertiary/aromatic N) is 3. The first kappa shape index (κ1) is 14.6. The summed E-state index contributed by atoms with van der Waals surface area (Å²) in [5.41, 5.74) is 2.47. The lowest BCUT2D eigenvalue weighted by molar-refractivity contribution is -0.114. The van der Waals surface area contributed by atoms with Crippen LogP contribution in [0, 0.1) is 0 Å². The molecule has 3 aromatic rings. The van der Waals surface area contributed by atoms with Crippen molar-refractivity contribution in [2.45, 2.75) is 0 Å². The van der Waals surface area contributed by atoms with Crippen LogP contribution in [0.4, 0.5) is 0 Å². The van der Waals surface area contributed by atoms with Gasteiger partial charge in [-0.25, -0.2) is 8.89 Å². The third kappa shape index (κ3) is 2.19. The number of benzene rings is 1. The quantitative estimate of drug-likeness (QED) is 0.784. The molecule has 120 valence electrons. The van der Waals surface area contributed by atoms with Crippen molar-refractivity contribution in [3.8, 4) is 16.9 Å². The van der Waals surface area contributed by atoms with Gasteiger partial charge >= 0.3 is 0 Å². The number of aromatic nitrogens is 3. The van der Waals surface area contributed by atoms with Crippen LogP contribution in [-0.4, -0.2) is 32.0 Å². The van der Waals surface area contributed by atoms with Crippen molar-refractivity contribution in [2.75, 3.05) is 7.11 Å². The van der Waals surface area contributed by atoms with Gasteiger partial charge in [-0.1, -0.05) is 12.1 Å². The predicted octanol–water partition coefficient (Wildman–Crippen LogP) is 1.70. The van der Waals surface area contributed by atoms with Crippen molar-refractivity contribution >= 4 is 32.8 Å². The van der Waals surface area contributed by atoms with Crippen molar-refractivity contribution < 1.29 is 13.7 Å². The Balaban J connectivity index is 1.94. The van der Waals surface area contributed by atoms with Gasteiger partial charge in [-0.3, -0.25) is 14.5 Å². The monoisotopic (exact) mass is 340 g/mol. The Kier molecular flexibility index (Phi) is 3.39. The molecule has 1 aromatic carbocycles. The molecule has 1 atom stereocenters. The van der Waals surface area contributed by atoms with Crippen LogP contribution in [0.5, 0.6) is 5.75 Å². The summed E-state index contributed by atoms with van der Waals surface area (Å²) in [6.45, 7) is 0. The van der Waals surface area contributed by atoms with Gasteiger partial charge in [0, 0.05) is 29.4 Å². The summed E-state index contributed by atoms with van der Waals surface area (Å²) in [6.07, 6.45) is 6.36. The largest absolute Gasteiger partial charge is 0.496 e. The highest BCUT2D eigenvalue weighted by Crippen LogP contribution is 2.35. The van der Waals surface area contributed by atoms with Gasteiger partial charge in [-0.2, -0.15) is 5.10 Å². The molecule has 2 aromatic heterocycles. The zero-order chi connectivity index (χ0) is 16.7. The molecule has 0 radical (unpaired) electrons. The van der Waals surface area contributed by atoms with E-state index in [1.807, 2.05) is 18.2 Å². The van der Waals surface area contributed by atoms with Gasteiger partial charge in [0.25, 0.3) is 5.91 Å². The van der Waals surface area contributed by atoms with Crippen LogP contribution >= 0.6 is 0 Å². The average molecular weight is 340 g/mol. The minimum absolute atomic E-state index is 0.310. The van der Waals surface area contributed by atoms with Gasteiger partial charge in [0.1, 0.15) is 5.75 Å². The first-order chi connectivity index (χ1) is 11.7. The molecule has 0 spiro atoms. The molecule has 1 N–H and O–H groups in total. The maximum Gasteiger partial charge on any atom is 0.258 e. The minimum atomic E-state index is -1.61. The maximum absolute atomic E-state index is 12.0. The highest BCUT2D eigenvalue weighted by molar-refractivity contribution is 7.93. The van der Waals surface area contributed by atoms with Gasteiger partial charge in [-0.05, 0) is 17.7 Å². The van der Waals surface area contributed by atoms with Gasteiger partial charge in [-0.15, -0.1) is 0 Å². The first-order valence-corrected chi connectivity index (χ1v) is 8.23. The third-order valence-electron chi connectivity index (χ3n) is 3.75. The second-order valence-electron chi connectivity index (χ2n) is 5.09. The lowest BCUT2D eigenvalue weighted by atomic mass is 10.0. The molecule has 3 heterocycles. The van der Waals surface area contributed by atoms with Gasteiger partial charge < -0.3 is 4.74 Å². The first-order valence-electron chi connectivity index (χ1n) is 7.08. The maximum atomic E-state index is 12.0. The lowest BCUT2D eigenvalue weighted by Crippen LogP contribution is -2.17. The Labute approximate surface area is 139 Å². The molecule has 1 unspecified atom stereocenters. The Bertz CT molecular complexity index is 1030. The lowest BCUT2D eigenvalue weighted by Gasteiger charge is -2.09. The molecular formula is C16H12N4O3S. The Hall–Kier alpha value is -3.00. The average Bonchev–Trinajstić information content (AvgIpc) is 3.17. The van der Waals surface area contributed by atoms with E-state index in [1.165, 1.54) is 10.8 Å². The van der Waals surface area contributed by atoms with E-state index in [4.69, 9.17) is 4.74 Å². The fourth-order valence-corrected chi connectivity index (χ4v) is 3.56. The van der Waals surface area contributed by atoms with E-state index in [2.05, 4.69) is 14.8 Å². The Morgan fingerprint density at radius 3 is 2.83 bits per heavy atom. The molecule has 4 rings (SSSR count). The third-order valence-corrected chi connectivity index (χ3v) is 4.81. The van der Waals surface area contributed by atoms with Gasteiger partial charge in [0.05, 0.1) is 18.8 Å². The number of nitrogens with one attached hydrogen (secondary N) is 1. The molecule has 0 saturated heterocycles. The number of methoxy groups -OCH3 is 1. The number of pyridine rings is 1. The van der Waals surface area contributed by atoms with E-state index >= 15 is 0 Å². The van der Waals surface area contributed by atoms with Crippen LogP contribution in [0.1, 0.15) is 0 Å². The van der Waals surface area contributed by atoms with Gasteiger partial charge in [0.15, 0.2) is 16.0 Å². The second-order valence-corrected chi connectivity index (χ2v) is 6.25. The molecule has 8 heteroatoms. The summed E-state index contributed by atoms with van der Waals surface area (Å²) in [6, 6.07) is 7.46. The molecule has 1 aliphatic rings. The number of fused-ring (bicyclic) bond motifs is 1. The van der Waals surface area contributed by atoms with E-state index in [1.54, 1.807) is 31.8 Å². The summed E-state index contributed by atoms with van der Waals surface area (Å²) < 4.78 is 21.3. The van der Waals surface area contributed by atoms with Crippen LogP contribution < -0.4 is 9.46 Å². The van der Waals surface area contributed by atoms with Crippen molar-refractivity contribution in [2.24, 2.45) is 0 Å². The van der Waals surface area contributed by atoms with E-state index in [-0.39, 0.29) is 0 Å². The number of ether oxygens (including phenoxy) is 1. The van der Waals surface area contributed by atoms with Crippen LogP contribution in [0.2, 0.25) is 0 Å². The van der Waals surface area contributed by atoms with Crippen molar-refractivity contribution in [1.29, 1.82) is 0 Å². The molecule has 7 nitrogen and oxygen atoms in total. The molecule has 24 heavy (non-hydrogen) atoms. The SMILES string of the molecule is COc1ccncc1-c1cccc2c1cnn2C1=CC(=O)NS1=O. The molecule has 0 saturated carbocycles. The molecule has 1 amide bonds. The predicted molar refractivity (Wildman–Crippen MR) is 90.1 cm³/mol. The molecular weight excluding hydrogens is 328 g/mol. The summed E-state index contributed by atoms with van der Waals surface area (Å²) in [7, 11) is -0.00488. The Morgan fingerprint density at radius 2 is 2.08 bits per heavy atom. The van der Waals surface area contributed by atoms with Crippen molar-refractivity contribution in [3.05, 3.63) is 48.9 Å². The van der Waals surface area contributed by atoms with E-state index in [0.29, 0.717) is 10.8 Å². The van der Waals surface area contributed by atoms with Gasteiger partial charge in [0.2, 0.25) is 0 Å². The van der Waals surface area contributed by atoms with Crippen LogP contribution in [0.15, 0.2) is 48.9 Å². The van der Waals surface area contributed by atoms with Crippen LogP contribution in [0.3, 0.4) is 0 Å². The van der Waals surface area contributed by atoms with E-state index in [0.717, 1.165) is 22.0 Å². The number of hydrogen-bond acceptors (Lipinski definition) is 5. The van der Waals surface area contributed by atoms with Crippen LogP contribution in [0.25, 0.3) is 27.1 Å². The van der Waals surface area contributed by atoms with E-state index < -0.39 is 16.9 Å². The molecule has 0 aliphatic carbocycles. The smallest absolute Gasteiger partial charge is 0.258 e. The highest BCUT2D eigenvalue weighted by atomic mass is 32.2. The molecule has 1 aliphatic heterocycles. The van der Waals surface area contributed by atoms with E-state index in [9.17, 15) is 9.00 Å². The standard InChI is InChI=1S/C16H12N4O3S/c1-23-14-5-6-17-8-12(14)10-3-2-4-13-11(10)9-18-20(13)16-7-15(21)19-24(16)22/h2-9H,1H3,(H,19,21). The highest BCUT2D eigenvalue weighted by Gasteiger charge is 2.24. The minimum Gasteiger partial charge on any atom is -0.496 e. The fourth-order valence-electron chi connectivity index (χ4n) is 2.70. The fraction of sp³-hybridized carbons (Fsp3) is 0.0625. The number of carbonyl (C=O) groups is 1. The summed E-state index contributed by atoms with van der Waals surface area (Å²) in [5, 5.41) is 5.46. The Morgan fingerprint density at radius 1 is 1.21 bits per heavy atom. The molecule has 0 fully saturated rings. The number of hydrogen-bond donors (Lipinski definition) is 1. The topological polar surface area (TPSA) is 86.1 Å². The van der Waals surface area contributed by atoms with Crippen LogP contribution in [-0.2, 0) is 15.8 Å². The second kappa shape index (κ2) is 5.57. The molecule has 0 bridgehead atoms. The summed E-state index contributed by atoms with van der Waals surface area (Å²) in [5.74, 6) is 0.308. The number of carbonyl (C=O) groups excluding carboxylic acids is 1. The number of amides is 1. The van der Waals surface area contributed by atoms with Crippen molar-refractivity contribution in [3.63, 3.8) is 0 Å². The normalized spacial score (nSPS) is 17.0. The zero-order valence-electron chi connectivity index (χ0n) is 12.6. The summed E-state index contributed by atoms with van der Waals surface area (Å²) >= 11 is 0.